The number of piperidine rings is 1. The average Bonchev–Trinajstić information content (AvgIpc) is 2.87. The van der Waals surface area contributed by atoms with Crippen LogP contribution >= 0.6 is 0 Å². The molecule has 0 aromatic rings. The Labute approximate surface area is 119 Å². The topological polar surface area (TPSA) is 64.1 Å². The fourth-order valence-corrected chi connectivity index (χ4v) is 3.49. The van der Waals surface area contributed by atoms with E-state index < -0.39 is 5.97 Å². The molecule has 0 saturated carbocycles. The lowest BCUT2D eigenvalue weighted by atomic mass is 10.0. The van der Waals surface area contributed by atoms with Crippen LogP contribution in [0, 0.1) is 5.92 Å². The quantitative estimate of drug-likeness (QED) is 0.808. The first-order valence-electron chi connectivity index (χ1n) is 7.66. The van der Waals surface area contributed by atoms with Gasteiger partial charge in [0.2, 0.25) is 0 Å². The maximum absolute atomic E-state index is 12.3. The van der Waals surface area contributed by atoms with Crippen LogP contribution in [0.15, 0.2) is 0 Å². The maximum atomic E-state index is 12.3. The van der Waals surface area contributed by atoms with Gasteiger partial charge in [-0.2, -0.15) is 0 Å². The molecular formula is C14H23N3O3. The van der Waals surface area contributed by atoms with Crippen LogP contribution in [0.3, 0.4) is 0 Å². The van der Waals surface area contributed by atoms with Gasteiger partial charge in [-0.15, -0.1) is 0 Å². The van der Waals surface area contributed by atoms with Gasteiger partial charge in [-0.1, -0.05) is 6.42 Å². The van der Waals surface area contributed by atoms with Crippen molar-refractivity contribution in [2.24, 2.45) is 5.92 Å². The minimum absolute atomic E-state index is 0.0296. The first-order valence-corrected chi connectivity index (χ1v) is 7.66. The molecule has 0 aliphatic carbocycles. The number of carboxylic acid groups (broad SMARTS) is 1. The van der Waals surface area contributed by atoms with Crippen molar-refractivity contribution in [2.45, 2.75) is 31.7 Å². The van der Waals surface area contributed by atoms with Crippen molar-refractivity contribution in [1.29, 1.82) is 0 Å². The molecule has 3 aliphatic rings. The average molecular weight is 281 g/mol. The van der Waals surface area contributed by atoms with Gasteiger partial charge < -0.3 is 14.9 Å². The van der Waals surface area contributed by atoms with Crippen molar-refractivity contribution >= 4 is 12.0 Å². The normalized spacial score (nSPS) is 28.5. The molecule has 0 aromatic heterocycles. The molecular weight excluding hydrogens is 258 g/mol. The highest BCUT2D eigenvalue weighted by atomic mass is 16.4. The van der Waals surface area contributed by atoms with Gasteiger partial charge in [0, 0.05) is 32.2 Å². The summed E-state index contributed by atoms with van der Waals surface area (Å²) < 4.78 is 0. The van der Waals surface area contributed by atoms with E-state index in [0.29, 0.717) is 19.1 Å². The second-order valence-corrected chi connectivity index (χ2v) is 6.21. The Hall–Kier alpha value is -1.30. The van der Waals surface area contributed by atoms with E-state index in [1.54, 1.807) is 4.90 Å². The Kier molecular flexibility index (Phi) is 3.83. The third kappa shape index (κ3) is 2.61. The summed E-state index contributed by atoms with van der Waals surface area (Å²) in [7, 11) is 0. The van der Waals surface area contributed by atoms with Gasteiger partial charge in [0.1, 0.15) is 0 Å². The number of amides is 2. The zero-order chi connectivity index (χ0) is 14.1. The standard InChI is InChI=1S/C14H23N3O3/c18-13(19)11-8-17(9-11)14(20)16-7-4-12(10-16)15-5-2-1-3-6-15/h11-12H,1-10H2,(H,18,19). The zero-order valence-electron chi connectivity index (χ0n) is 11.8. The number of carboxylic acids is 1. The molecule has 1 unspecified atom stereocenters. The highest BCUT2D eigenvalue weighted by Gasteiger charge is 2.40. The summed E-state index contributed by atoms with van der Waals surface area (Å²) >= 11 is 0. The monoisotopic (exact) mass is 281 g/mol. The van der Waals surface area contributed by atoms with Crippen molar-refractivity contribution in [3.63, 3.8) is 0 Å². The van der Waals surface area contributed by atoms with Crippen LogP contribution in [-0.4, -0.2) is 77.1 Å². The van der Waals surface area contributed by atoms with Crippen LogP contribution in [0.4, 0.5) is 4.79 Å². The molecule has 1 N–H and O–H groups in total. The van der Waals surface area contributed by atoms with Crippen molar-refractivity contribution in [3.05, 3.63) is 0 Å². The van der Waals surface area contributed by atoms with Crippen molar-refractivity contribution < 1.29 is 14.7 Å². The highest BCUT2D eigenvalue weighted by molar-refractivity contribution is 5.80. The number of carbonyl (C=O) groups is 2. The molecule has 0 spiro atoms. The van der Waals surface area contributed by atoms with Crippen LogP contribution in [0.1, 0.15) is 25.7 Å². The van der Waals surface area contributed by atoms with Crippen molar-refractivity contribution in [3.8, 4) is 0 Å². The van der Waals surface area contributed by atoms with Crippen LogP contribution in [0.5, 0.6) is 0 Å². The smallest absolute Gasteiger partial charge is 0.320 e. The van der Waals surface area contributed by atoms with Crippen molar-refractivity contribution in [2.75, 3.05) is 39.3 Å². The molecule has 0 bridgehead atoms. The molecule has 3 heterocycles. The molecule has 112 valence electrons. The number of aliphatic carboxylic acids is 1. The summed E-state index contributed by atoms with van der Waals surface area (Å²) in [6.45, 7) is 4.70. The van der Waals surface area contributed by atoms with Gasteiger partial charge >= 0.3 is 12.0 Å². The minimum Gasteiger partial charge on any atom is -0.481 e. The SMILES string of the molecule is O=C(O)C1CN(C(=O)N2CCC(N3CCCCC3)C2)C1. The van der Waals surface area contributed by atoms with E-state index in [9.17, 15) is 9.59 Å². The number of rotatable bonds is 2. The summed E-state index contributed by atoms with van der Waals surface area (Å²) in [5.41, 5.74) is 0. The van der Waals surface area contributed by atoms with Crippen LogP contribution in [-0.2, 0) is 4.79 Å². The highest BCUT2D eigenvalue weighted by Crippen LogP contribution is 2.23. The molecule has 3 rings (SSSR count). The Morgan fingerprint density at radius 1 is 0.900 bits per heavy atom. The van der Waals surface area contributed by atoms with E-state index >= 15 is 0 Å². The number of nitrogens with zero attached hydrogens (tertiary/aromatic N) is 3. The van der Waals surface area contributed by atoms with E-state index in [4.69, 9.17) is 5.11 Å². The van der Waals surface area contributed by atoms with Crippen LogP contribution in [0.25, 0.3) is 0 Å². The van der Waals surface area contributed by atoms with Crippen molar-refractivity contribution in [1.82, 2.24) is 14.7 Å². The van der Waals surface area contributed by atoms with E-state index in [0.717, 1.165) is 32.6 Å². The van der Waals surface area contributed by atoms with E-state index in [-0.39, 0.29) is 11.9 Å². The lowest BCUT2D eigenvalue weighted by Gasteiger charge is -2.39. The maximum Gasteiger partial charge on any atom is 0.320 e. The van der Waals surface area contributed by atoms with E-state index in [1.807, 2.05) is 4.90 Å². The Balaban J connectivity index is 1.47. The fourth-order valence-electron chi connectivity index (χ4n) is 3.49. The number of urea groups is 1. The van der Waals surface area contributed by atoms with Gasteiger partial charge in [-0.25, -0.2) is 4.79 Å². The number of hydrogen-bond donors (Lipinski definition) is 1. The first-order chi connectivity index (χ1) is 9.65. The molecule has 6 nitrogen and oxygen atoms in total. The summed E-state index contributed by atoms with van der Waals surface area (Å²) in [4.78, 5) is 29.1. The molecule has 3 aliphatic heterocycles. The van der Waals surface area contributed by atoms with E-state index in [2.05, 4.69) is 4.90 Å². The van der Waals surface area contributed by atoms with Gasteiger partial charge in [-0.3, -0.25) is 9.69 Å². The summed E-state index contributed by atoms with van der Waals surface area (Å²) in [5.74, 6) is -1.15. The van der Waals surface area contributed by atoms with E-state index in [1.165, 1.54) is 19.3 Å². The van der Waals surface area contributed by atoms with Gasteiger partial charge in [-0.05, 0) is 32.4 Å². The predicted octanol–water partition coefficient (Wildman–Crippen LogP) is 0.683. The molecule has 0 radical (unpaired) electrons. The second kappa shape index (κ2) is 5.60. The van der Waals surface area contributed by atoms with Gasteiger partial charge in [0.25, 0.3) is 0 Å². The van der Waals surface area contributed by atoms with Gasteiger partial charge in [0.05, 0.1) is 5.92 Å². The third-order valence-electron chi connectivity index (χ3n) is 4.84. The lowest BCUT2D eigenvalue weighted by molar-refractivity contribution is -0.146. The summed E-state index contributed by atoms with van der Waals surface area (Å²) in [6, 6.07) is 0.540. The fraction of sp³-hybridized carbons (Fsp3) is 0.857. The number of hydrogen-bond acceptors (Lipinski definition) is 3. The summed E-state index contributed by atoms with van der Waals surface area (Å²) in [5, 5.41) is 8.85. The minimum atomic E-state index is -0.790. The Morgan fingerprint density at radius 2 is 1.60 bits per heavy atom. The molecule has 20 heavy (non-hydrogen) atoms. The predicted molar refractivity (Wildman–Crippen MR) is 73.5 cm³/mol. The third-order valence-corrected chi connectivity index (χ3v) is 4.84. The second-order valence-electron chi connectivity index (χ2n) is 6.21. The lowest BCUT2D eigenvalue weighted by Crippen LogP contribution is -2.57. The number of likely N-dealkylation sites (tertiary alicyclic amines) is 3. The molecule has 3 fully saturated rings. The zero-order valence-corrected chi connectivity index (χ0v) is 11.8. The Morgan fingerprint density at radius 3 is 2.25 bits per heavy atom. The number of carbonyl (C=O) groups excluding carboxylic acids is 1. The molecule has 3 saturated heterocycles. The van der Waals surface area contributed by atoms with Crippen LogP contribution < -0.4 is 0 Å². The van der Waals surface area contributed by atoms with Gasteiger partial charge in [0.15, 0.2) is 0 Å². The molecule has 2 amide bonds. The summed E-state index contributed by atoms with van der Waals surface area (Å²) in [6.07, 6.45) is 4.94. The molecule has 6 heteroatoms. The molecule has 1 atom stereocenters. The Bertz CT molecular complexity index is 389. The van der Waals surface area contributed by atoms with Crippen LogP contribution in [0.2, 0.25) is 0 Å². The molecule has 0 aromatic carbocycles. The largest absolute Gasteiger partial charge is 0.481 e. The first kappa shape index (κ1) is 13.7.